The van der Waals surface area contributed by atoms with Crippen molar-refractivity contribution in [2.75, 3.05) is 13.1 Å². The van der Waals surface area contributed by atoms with Gasteiger partial charge in [0.15, 0.2) is 0 Å². The Morgan fingerprint density at radius 2 is 1.71 bits per heavy atom. The van der Waals surface area contributed by atoms with E-state index in [0.29, 0.717) is 5.56 Å². The maximum Gasteiger partial charge on any atom is 0.410 e. The van der Waals surface area contributed by atoms with E-state index in [2.05, 4.69) is 4.98 Å². The molecule has 0 saturated carbocycles. The topological polar surface area (TPSA) is 85.5 Å². The van der Waals surface area contributed by atoms with Gasteiger partial charge in [-0.3, -0.25) is 9.78 Å². The quantitative estimate of drug-likeness (QED) is 0.860. The van der Waals surface area contributed by atoms with Crippen molar-refractivity contribution < 1.29 is 14.3 Å². The molecule has 0 atom stereocenters. The molecule has 2 N–H and O–H groups in total. The number of pyridine rings is 1. The maximum atomic E-state index is 11.4. The molecule has 0 bridgehead atoms. The van der Waals surface area contributed by atoms with Gasteiger partial charge in [0, 0.05) is 31.0 Å². The molecule has 2 amide bonds. The normalized spacial score (nSPS) is 14.1. The number of carbonyl (C=O) groups excluding carboxylic acids is 2. The van der Waals surface area contributed by atoms with E-state index in [1.54, 1.807) is 17.0 Å². The summed E-state index contributed by atoms with van der Waals surface area (Å²) in [6.45, 7) is 7.38. The van der Waals surface area contributed by atoms with Crippen molar-refractivity contribution in [3.05, 3.63) is 30.1 Å². The third-order valence-electron chi connectivity index (χ3n) is 2.72. The van der Waals surface area contributed by atoms with Crippen molar-refractivity contribution in [3.8, 4) is 0 Å². The van der Waals surface area contributed by atoms with E-state index in [1.165, 1.54) is 12.4 Å². The number of rotatable bonds is 1. The minimum atomic E-state index is -0.419. The van der Waals surface area contributed by atoms with Gasteiger partial charge < -0.3 is 15.4 Å². The summed E-state index contributed by atoms with van der Waals surface area (Å²) >= 11 is 0. The van der Waals surface area contributed by atoms with Crippen LogP contribution in [-0.4, -0.2) is 40.6 Å². The third-order valence-corrected chi connectivity index (χ3v) is 2.72. The molecule has 2 rings (SSSR count). The molecule has 21 heavy (non-hydrogen) atoms. The molecular formula is C15H23N3O3. The standard InChI is InChI=1S/C9H17NO2.C6H6N2O/c1-9(2,3)12-8(11)10-6-4-5-7-10;7-6(9)5-1-3-8-4-2-5/h4-7H2,1-3H3;1-4H,(H2,7,9). The monoisotopic (exact) mass is 293 g/mol. The van der Waals surface area contributed by atoms with Gasteiger partial charge in [0.1, 0.15) is 5.60 Å². The molecular weight excluding hydrogens is 270 g/mol. The lowest BCUT2D eigenvalue weighted by Gasteiger charge is -2.23. The molecule has 1 aliphatic rings. The van der Waals surface area contributed by atoms with Gasteiger partial charge in [-0.15, -0.1) is 0 Å². The van der Waals surface area contributed by atoms with Crippen molar-refractivity contribution >= 4 is 12.0 Å². The van der Waals surface area contributed by atoms with Crippen molar-refractivity contribution in [2.24, 2.45) is 5.73 Å². The van der Waals surface area contributed by atoms with Crippen LogP contribution >= 0.6 is 0 Å². The maximum absolute atomic E-state index is 11.4. The lowest BCUT2D eigenvalue weighted by molar-refractivity contribution is 0.0295. The highest BCUT2D eigenvalue weighted by molar-refractivity contribution is 5.92. The van der Waals surface area contributed by atoms with Crippen molar-refractivity contribution in [1.29, 1.82) is 0 Å². The fourth-order valence-corrected chi connectivity index (χ4v) is 1.74. The third kappa shape index (κ3) is 6.74. The van der Waals surface area contributed by atoms with Crippen molar-refractivity contribution in [3.63, 3.8) is 0 Å². The predicted octanol–water partition coefficient (Wildman–Crippen LogP) is 2.20. The van der Waals surface area contributed by atoms with Crippen LogP contribution in [0.3, 0.4) is 0 Å². The predicted molar refractivity (Wildman–Crippen MR) is 79.8 cm³/mol. The van der Waals surface area contributed by atoms with Crippen LogP contribution in [0.1, 0.15) is 44.0 Å². The van der Waals surface area contributed by atoms with Crippen LogP contribution in [0.4, 0.5) is 4.79 Å². The number of aromatic nitrogens is 1. The van der Waals surface area contributed by atoms with E-state index in [1.807, 2.05) is 20.8 Å². The lowest BCUT2D eigenvalue weighted by Crippen LogP contribution is -2.34. The van der Waals surface area contributed by atoms with Gasteiger partial charge in [-0.05, 0) is 45.7 Å². The summed E-state index contributed by atoms with van der Waals surface area (Å²) in [5, 5.41) is 0. The smallest absolute Gasteiger partial charge is 0.410 e. The van der Waals surface area contributed by atoms with Gasteiger partial charge in [0.05, 0.1) is 0 Å². The Labute approximate surface area is 125 Å². The Kier molecular flexibility index (Phi) is 6.14. The second kappa shape index (κ2) is 7.61. The number of likely N-dealkylation sites (tertiary alicyclic amines) is 1. The summed E-state index contributed by atoms with van der Waals surface area (Å²) in [6, 6.07) is 3.14. The lowest BCUT2D eigenvalue weighted by atomic mass is 10.2. The summed E-state index contributed by atoms with van der Waals surface area (Å²) in [6.07, 6.45) is 5.11. The largest absolute Gasteiger partial charge is 0.444 e. The number of carbonyl (C=O) groups is 2. The molecule has 0 spiro atoms. The van der Waals surface area contributed by atoms with E-state index >= 15 is 0 Å². The molecule has 0 aromatic carbocycles. The Hall–Kier alpha value is -2.11. The Bertz CT molecular complexity index is 463. The van der Waals surface area contributed by atoms with Crippen LogP contribution in [0.15, 0.2) is 24.5 Å². The molecule has 0 unspecified atom stereocenters. The van der Waals surface area contributed by atoms with Crippen molar-refractivity contribution in [2.45, 2.75) is 39.2 Å². The summed E-state index contributed by atoms with van der Waals surface area (Å²) in [4.78, 5) is 27.2. The highest BCUT2D eigenvalue weighted by Crippen LogP contribution is 2.14. The summed E-state index contributed by atoms with van der Waals surface area (Å²) in [5.41, 5.74) is 5.08. The fourth-order valence-electron chi connectivity index (χ4n) is 1.74. The molecule has 1 aromatic rings. The molecule has 6 heteroatoms. The number of hydrogen-bond donors (Lipinski definition) is 1. The highest BCUT2D eigenvalue weighted by atomic mass is 16.6. The van der Waals surface area contributed by atoms with E-state index < -0.39 is 5.91 Å². The van der Waals surface area contributed by atoms with Crippen molar-refractivity contribution in [1.82, 2.24) is 9.88 Å². The average Bonchev–Trinajstić information content (AvgIpc) is 2.92. The van der Waals surface area contributed by atoms with E-state index in [-0.39, 0.29) is 11.7 Å². The first-order chi connectivity index (χ1) is 9.79. The van der Waals surface area contributed by atoms with Crippen LogP contribution in [0, 0.1) is 0 Å². The number of hydrogen-bond acceptors (Lipinski definition) is 4. The number of amides is 2. The zero-order valence-corrected chi connectivity index (χ0v) is 12.8. The average molecular weight is 293 g/mol. The van der Waals surface area contributed by atoms with E-state index in [9.17, 15) is 9.59 Å². The molecule has 2 heterocycles. The number of ether oxygens (including phenoxy) is 1. The summed E-state index contributed by atoms with van der Waals surface area (Å²) < 4.78 is 5.21. The first-order valence-electron chi connectivity index (χ1n) is 6.97. The number of nitrogens with two attached hydrogens (primary N) is 1. The molecule has 1 saturated heterocycles. The van der Waals surface area contributed by atoms with Gasteiger partial charge in [-0.2, -0.15) is 0 Å². The second-order valence-electron chi connectivity index (χ2n) is 5.77. The van der Waals surface area contributed by atoms with Crippen LogP contribution in [0.5, 0.6) is 0 Å². The fraction of sp³-hybridized carbons (Fsp3) is 0.533. The Balaban J connectivity index is 0.000000219. The highest BCUT2D eigenvalue weighted by Gasteiger charge is 2.23. The Morgan fingerprint density at radius 3 is 2.10 bits per heavy atom. The van der Waals surface area contributed by atoms with Crippen LogP contribution < -0.4 is 5.73 Å². The summed E-state index contributed by atoms with van der Waals surface area (Å²) in [7, 11) is 0. The molecule has 1 aromatic heterocycles. The van der Waals surface area contributed by atoms with Crippen LogP contribution in [-0.2, 0) is 4.74 Å². The second-order valence-corrected chi connectivity index (χ2v) is 5.77. The first kappa shape index (κ1) is 16.9. The van der Waals surface area contributed by atoms with Gasteiger partial charge >= 0.3 is 6.09 Å². The first-order valence-corrected chi connectivity index (χ1v) is 6.97. The molecule has 0 aliphatic carbocycles. The van der Waals surface area contributed by atoms with Gasteiger partial charge in [0.2, 0.25) is 5.91 Å². The van der Waals surface area contributed by atoms with Gasteiger partial charge in [-0.1, -0.05) is 0 Å². The minimum Gasteiger partial charge on any atom is -0.444 e. The SMILES string of the molecule is CC(C)(C)OC(=O)N1CCCC1.NC(=O)c1ccncc1. The molecule has 1 aliphatic heterocycles. The van der Waals surface area contributed by atoms with Crippen LogP contribution in [0.25, 0.3) is 0 Å². The summed E-state index contributed by atoms with van der Waals surface area (Å²) in [5.74, 6) is -0.419. The van der Waals surface area contributed by atoms with E-state index in [4.69, 9.17) is 10.5 Å². The molecule has 1 fully saturated rings. The zero-order chi connectivity index (χ0) is 15.9. The van der Waals surface area contributed by atoms with E-state index in [0.717, 1.165) is 25.9 Å². The number of nitrogens with zero attached hydrogens (tertiary/aromatic N) is 2. The van der Waals surface area contributed by atoms with Crippen LogP contribution in [0.2, 0.25) is 0 Å². The number of primary amides is 1. The molecule has 6 nitrogen and oxygen atoms in total. The molecule has 116 valence electrons. The zero-order valence-electron chi connectivity index (χ0n) is 12.8. The van der Waals surface area contributed by atoms with Gasteiger partial charge in [0.25, 0.3) is 0 Å². The minimum absolute atomic E-state index is 0.167. The Morgan fingerprint density at radius 1 is 1.19 bits per heavy atom. The molecule has 0 radical (unpaired) electrons. The van der Waals surface area contributed by atoms with Gasteiger partial charge in [-0.25, -0.2) is 4.79 Å².